The first-order chi connectivity index (χ1) is 11.0. The lowest BCUT2D eigenvalue weighted by Gasteiger charge is -2.23. The second kappa shape index (κ2) is 5.95. The summed E-state index contributed by atoms with van der Waals surface area (Å²) < 4.78 is 0. The number of benzene rings is 1. The minimum atomic E-state index is -0.912. The number of carbonyl (C=O) groups is 2. The number of carbonyl (C=O) groups excluding carboxylic acids is 1. The topological polar surface area (TPSA) is 107 Å². The maximum absolute atomic E-state index is 12.4. The van der Waals surface area contributed by atoms with E-state index in [9.17, 15) is 24.9 Å². The third kappa shape index (κ3) is 2.88. The summed E-state index contributed by atoms with van der Waals surface area (Å²) >= 11 is 0. The summed E-state index contributed by atoms with van der Waals surface area (Å²) in [6.45, 7) is 0.354. The second-order valence-corrected chi connectivity index (χ2v) is 6.20. The number of carboxylic acids is 1. The van der Waals surface area contributed by atoms with Gasteiger partial charge in [-0.1, -0.05) is 18.2 Å². The SMILES string of the molecule is O=C(O)[C@@H]1[C@@H](C(=O)NCCc2ccc(O)c(O)c2)[C@H]2C=C[C@H]1C2. The Hall–Kier alpha value is -2.50. The number of carboxylic acid groups (broad SMARTS) is 1. The highest BCUT2D eigenvalue weighted by atomic mass is 16.4. The Morgan fingerprint density at radius 3 is 2.43 bits per heavy atom. The average Bonchev–Trinajstić information content (AvgIpc) is 3.11. The molecule has 0 saturated heterocycles. The molecule has 0 aromatic heterocycles. The van der Waals surface area contributed by atoms with E-state index in [4.69, 9.17) is 0 Å². The molecular formula is C17H19NO5. The molecule has 1 aromatic carbocycles. The zero-order chi connectivity index (χ0) is 16.6. The summed E-state index contributed by atoms with van der Waals surface area (Å²) in [5.41, 5.74) is 0.781. The number of fused-ring (bicyclic) bond motifs is 2. The predicted molar refractivity (Wildman–Crippen MR) is 81.8 cm³/mol. The Kier molecular flexibility index (Phi) is 3.98. The number of rotatable bonds is 5. The van der Waals surface area contributed by atoms with Gasteiger partial charge in [0.1, 0.15) is 0 Å². The summed E-state index contributed by atoms with van der Waals surface area (Å²) in [5, 5.41) is 30.8. The lowest BCUT2D eigenvalue weighted by molar-refractivity contribution is -0.147. The Bertz CT molecular complexity index is 669. The number of hydrogen-bond donors (Lipinski definition) is 4. The first-order valence-corrected chi connectivity index (χ1v) is 7.67. The van der Waals surface area contributed by atoms with Crippen molar-refractivity contribution in [2.24, 2.45) is 23.7 Å². The van der Waals surface area contributed by atoms with E-state index in [0.717, 1.165) is 12.0 Å². The summed E-state index contributed by atoms with van der Waals surface area (Å²) in [7, 11) is 0. The number of phenolic OH excluding ortho intramolecular Hbond substituents is 2. The smallest absolute Gasteiger partial charge is 0.307 e. The van der Waals surface area contributed by atoms with Crippen LogP contribution in [0.1, 0.15) is 12.0 Å². The fourth-order valence-electron chi connectivity index (χ4n) is 3.69. The maximum Gasteiger partial charge on any atom is 0.307 e. The largest absolute Gasteiger partial charge is 0.504 e. The molecule has 4 N–H and O–H groups in total. The second-order valence-electron chi connectivity index (χ2n) is 6.20. The van der Waals surface area contributed by atoms with Crippen LogP contribution >= 0.6 is 0 Å². The quantitative estimate of drug-likeness (QED) is 0.483. The van der Waals surface area contributed by atoms with Crippen LogP contribution in [-0.4, -0.2) is 33.7 Å². The van der Waals surface area contributed by atoms with Crippen LogP contribution in [0.2, 0.25) is 0 Å². The molecule has 122 valence electrons. The number of nitrogens with one attached hydrogen (secondary N) is 1. The lowest BCUT2D eigenvalue weighted by Crippen LogP contribution is -2.40. The Balaban J connectivity index is 1.58. The van der Waals surface area contributed by atoms with E-state index >= 15 is 0 Å². The van der Waals surface area contributed by atoms with Crippen LogP contribution in [0.15, 0.2) is 30.4 Å². The highest BCUT2D eigenvalue weighted by molar-refractivity contribution is 5.86. The summed E-state index contributed by atoms with van der Waals surface area (Å²) in [6.07, 6.45) is 5.09. The standard InChI is InChI=1S/C17H19NO5/c19-12-4-1-9(7-13(12)20)5-6-18-16(21)14-10-2-3-11(8-10)15(14)17(22)23/h1-4,7,10-11,14-15,19-20H,5-6,8H2,(H,18,21)(H,22,23)/t10-,11-,14-,15-/m0/s1. The minimum Gasteiger partial charge on any atom is -0.504 e. The molecule has 6 heteroatoms. The summed E-state index contributed by atoms with van der Waals surface area (Å²) in [5.74, 6) is -2.68. The van der Waals surface area contributed by atoms with Crippen LogP contribution in [-0.2, 0) is 16.0 Å². The molecule has 1 saturated carbocycles. The number of aliphatic carboxylic acids is 1. The molecule has 4 atom stereocenters. The summed E-state index contributed by atoms with van der Waals surface area (Å²) in [6, 6.07) is 4.51. The van der Waals surface area contributed by atoms with Gasteiger partial charge < -0.3 is 20.6 Å². The van der Waals surface area contributed by atoms with Crippen molar-refractivity contribution in [2.75, 3.05) is 6.54 Å². The molecule has 0 aliphatic heterocycles. The fourth-order valence-corrected chi connectivity index (χ4v) is 3.69. The molecule has 0 heterocycles. The van der Waals surface area contributed by atoms with Gasteiger partial charge in [0, 0.05) is 6.54 Å². The predicted octanol–water partition coefficient (Wildman–Crippen LogP) is 1.28. The van der Waals surface area contributed by atoms with Gasteiger partial charge in [-0.25, -0.2) is 0 Å². The lowest BCUT2D eigenvalue weighted by atomic mass is 9.82. The highest BCUT2D eigenvalue weighted by Gasteiger charge is 2.51. The molecule has 2 aliphatic carbocycles. The molecule has 23 heavy (non-hydrogen) atoms. The highest BCUT2D eigenvalue weighted by Crippen LogP contribution is 2.48. The van der Waals surface area contributed by atoms with E-state index in [1.165, 1.54) is 12.1 Å². The van der Waals surface area contributed by atoms with E-state index < -0.39 is 17.8 Å². The molecule has 0 radical (unpaired) electrons. The van der Waals surface area contributed by atoms with Crippen molar-refractivity contribution < 1.29 is 24.9 Å². The van der Waals surface area contributed by atoms with Crippen molar-refractivity contribution >= 4 is 11.9 Å². The molecule has 0 spiro atoms. The third-order valence-electron chi connectivity index (χ3n) is 4.80. The van der Waals surface area contributed by atoms with Gasteiger partial charge in [0.15, 0.2) is 11.5 Å². The first kappa shape index (κ1) is 15.4. The van der Waals surface area contributed by atoms with Gasteiger partial charge in [0.2, 0.25) is 5.91 Å². The van der Waals surface area contributed by atoms with Crippen molar-refractivity contribution in [1.82, 2.24) is 5.32 Å². The molecular weight excluding hydrogens is 298 g/mol. The Morgan fingerprint density at radius 2 is 1.78 bits per heavy atom. The van der Waals surface area contributed by atoms with Crippen LogP contribution < -0.4 is 5.32 Å². The third-order valence-corrected chi connectivity index (χ3v) is 4.80. The molecule has 1 aromatic rings. The molecule has 1 fully saturated rings. The van der Waals surface area contributed by atoms with E-state index in [1.54, 1.807) is 6.07 Å². The number of aromatic hydroxyl groups is 2. The van der Waals surface area contributed by atoms with E-state index in [-0.39, 0.29) is 29.2 Å². The fraction of sp³-hybridized carbons (Fsp3) is 0.412. The van der Waals surface area contributed by atoms with Crippen molar-refractivity contribution in [2.45, 2.75) is 12.8 Å². The van der Waals surface area contributed by atoms with Crippen LogP contribution in [0.3, 0.4) is 0 Å². The van der Waals surface area contributed by atoms with Gasteiger partial charge in [0.25, 0.3) is 0 Å². The monoisotopic (exact) mass is 317 g/mol. The number of amides is 1. The van der Waals surface area contributed by atoms with Crippen molar-refractivity contribution in [3.63, 3.8) is 0 Å². The number of phenols is 2. The van der Waals surface area contributed by atoms with Gasteiger partial charge in [-0.2, -0.15) is 0 Å². The normalized spacial score (nSPS) is 28.0. The molecule has 6 nitrogen and oxygen atoms in total. The molecule has 3 rings (SSSR count). The van der Waals surface area contributed by atoms with Gasteiger partial charge >= 0.3 is 5.97 Å². The van der Waals surface area contributed by atoms with Crippen LogP contribution in [0.5, 0.6) is 11.5 Å². The molecule has 1 amide bonds. The first-order valence-electron chi connectivity index (χ1n) is 7.67. The Labute approximate surface area is 133 Å². The van der Waals surface area contributed by atoms with Crippen molar-refractivity contribution in [1.29, 1.82) is 0 Å². The molecule has 2 bridgehead atoms. The van der Waals surface area contributed by atoms with Gasteiger partial charge in [-0.05, 0) is 42.4 Å². The Morgan fingerprint density at radius 1 is 1.09 bits per heavy atom. The van der Waals surface area contributed by atoms with Crippen LogP contribution in [0.4, 0.5) is 0 Å². The van der Waals surface area contributed by atoms with Crippen molar-refractivity contribution in [3.05, 3.63) is 35.9 Å². The van der Waals surface area contributed by atoms with E-state index in [0.29, 0.717) is 13.0 Å². The van der Waals surface area contributed by atoms with Gasteiger partial charge in [-0.15, -0.1) is 0 Å². The summed E-state index contributed by atoms with van der Waals surface area (Å²) in [4.78, 5) is 23.8. The maximum atomic E-state index is 12.4. The molecule has 0 unspecified atom stereocenters. The zero-order valence-corrected chi connectivity index (χ0v) is 12.5. The molecule has 2 aliphatic rings. The van der Waals surface area contributed by atoms with Crippen LogP contribution in [0, 0.1) is 23.7 Å². The zero-order valence-electron chi connectivity index (χ0n) is 12.5. The van der Waals surface area contributed by atoms with Gasteiger partial charge in [0.05, 0.1) is 11.8 Å². The van der Waals surface area contributed by atoms with Gasteiger partial charge in [-0.3, -0.25) is 9.59 Å². The van der Waals surface area contributed by atoms with Crippen LogP contribution in [0.25, 0.3) is 0 Å². The van der Waals surface area contributed by atoms with E-state index in [2.05, 4.69) is 5.32 Å². The number of hydrogen-bond acceptors (Lipinski definition) is 4. The minimum absolute atomic E-state index is 0.0128. The van der Waals surface area contributed by atoms with Crippen molar-refractivity contribution in [3.8, 4) is 11.5 Å². The average molecular weight is 317 g/mol. The number of allylic oxidation sites excluding steroid dienone is 2. The van der Waals surface area contributed by atoms with E-state index in [1.807, 2.05) is 12.2 Å².